The van der Waals surface area contributed by atoms with Gasteiger partial charge in [0.05, 0.1) is 18.5 Å². The number of carbonyl (C=O) groups excluding carboxylic acids is 3. The fourth-order valence-corrected chi connectivity index (χ4v) is 3.83. The second-order valence-electron chi connectivity index (χ2n) is 8.24. The van der Waals surface area contributed by atoms with Crippen LogP contribution >= 0.6 is 0 Å². The van der Waals surface area contributed by atoms with Gasteiger partial charge in [-0.25, -0.2) is 0 Å². The summed E-state index contributed by atoms with van der Waals surface area (Å²) in [6.07, 6.45) is 6.53. The van der Waals surface area contributed by atoms with Crippen LogP contribution in [-0.4, -0.2) is 48.9 Å². The predicted molar refractivity (Wildman–Crippen MR) is 128 cm³/mol. The number of nitrogens with one attached hydrogen (secondary N) is 3. The number of hydrogen-bond acceptors (Lipinski definition) is 6. The monoisotopic (exact) mass is 452 g/mol. The van der Waals surface area contributed by atoms with Crippen molar-refractivity contribution in [1.29, 1.82) is 0 Å². The smallest absolute Gasteiger partial charge is 0.255 e. The van der Waals surface area contributed by atoms with Gasteiger partial charge >= 0.3 is 0 Å². The first-order valence-electron chi connectivity index (χ1n) is 11.3. The van der Waals surface area contributed by atoms with E-state index in [0.717, 1.165) is 31.6 Å². The highest BCUT2D eigenvalue weighted by atomic mass is 16.2. The Balaban J connectivity index is 2.00. The summed E-state index contributed by atoms with van der Waals surface area (Å²) in [5.74, 6) is -0.917. The first-order chi connectivity index (χ1) is 15.9. The van der Waals surface area contributed by atoms with Crippen LogP contribution in [-0.2, 0) is 9.59 Å². The molecule has 0 aliphatic carbocycles. The van der Waals surface area contributed by atoms with E-state index in [4.69, 9.17) is 5.73 Å². The van der Waals surface area contributed by atoms with Crippen molar-refractivity contribution in [3.05, 3.63) is 53.9 Å². The van der Waals surface area contributed by atoms with Crippen molar-refractivity contribution in [1.82, 2.24) is 15.6 Å². The molecule has 176 valence electrons. The summed E-state index contributed by atoms with van der Waals surface area (Å²) in [4.78, 5) is 43.8. The Bertz CT molecular complexity index is 973. The van der Waals surface area contributed by atoms with Gasteiger partial charge in [0.25, 0.3) is 5.91 Å². The molecule has 1 aliphatic rings. The van der Waals surface area contributed by atoms with E-state index in [0.29, 0.717) is 16.8 Å². The van der Waals surface area contributed by atoms with E-state index in [1.54, 1.807) is 38.5 Å². The third-order valence-electron chi connectivity index (χ3n) is 5.72. The summed E-state index contributed by atoms with van der Waals surface area (Å²) in [6, 6.07) is 7.57. The number of nitrogens with two attached hydrogens (primary N) is 1. The molecule has 1 aliphatic heterocycles. The van der Waals surface area contributed by atoms with Crippen LogP contribution in [0.2, 0.25) is 0 Å². The molecule has 3 rings (SSSR count). The number of piperidine rings is 1. The van der Waals surface area contributed by atoms with Crippen LogP contribution in [0.5, 0.6) is 0 Å². The minimum absolute atomic E-state index is 0.0105. The van der Waals surface area contributed by atoms with Gasteiger partial charge in [0, 0.05) is 55.0 Å². The largest absolute Gasteiger partial charge is 0.372 e. The molecule has 3 amide bonds. The molecule has 2 heterocycles. The maximum absolute atomic E-state index is 12.8. The van der Waals surface area contributed by atoms with Gasteiger partial charge in [-0.05, 0) is 56.5 Å². The number of benzene rings is 1. The molecule has 2 aromatic rings. The first-order valence-corrected chi connectivity index (χ1v) is 11.3. The highest BCUT2D eigenvalue weighted by molar-refractivity contribution is 6.04. The quantitative estimate of drug-likeness (QED) is 0.485. The molecule has 0 radical (unpaired) electrons. The van der Waals surface area contributed by atoms with Crippen molar-refractivity contribution in [3.8, 4) is 0 Å². The Morgan fingerprint density at radius 2 is 1.79 bits per heavy atom. The van der Waals surface area contributed by atoms with Crippen LogP contribution in [0.1, 0.15) is 54.6 Å². The number of rotatable bonds is 8. The number of carbonyl (C=O) groups is 3. The van der Waals surface area contributed by atoms with Crippen LogP contribution in [0.4, 0.5) is 11.4 Å². The minimum atomic E-state index is -0.739. The number of hydrogen-bond donors (Lipinski definition) is 4. The number of amides is 3. The van der Waals surface area contributed by atoms with E-state index in [9.17, 15) is 14.4 Å². The van der Waals surface area contributed by atoms with E-state index in [1.165, 1.54) is 6.42 Å². The molecule has 1 aromatic heterocycles. The normalized spacial score (nSPS) is 15.3. The molecule has 1 aromatic carbocycles. The van der Waals surface area contributed by atoms with Gasteiger partial charge in [-0.1, -0.05) is 0 Å². The van der Waals surface area contributed by atoms with Crippen molar-refractivity contribution >= 4 is 29.1 Å². The third kappa shape index (κ3) is 6.52. The lowest BCUT2D eigenvalue weighted by Gasteiger charge is -2.31. The van der Waals surface area contributed by atoms with Gasteiger partial charge in [-0.3, -0.25) is 19.4 Å². The Morgan fingerprint density at radius 1 is 1.09 bits per heavy atom. The third-order valence-corrected chi connectivity index (χ3v) is 5.72. The summed E-state index contributed by atoms with van der Waals surface area (Å²) in [7, 11) is 1.54. The van der Waals surface area contributed by atoms with Crippen LogP contribution in [0.15, 0.2) is 42.7 Å². The maximum Gasteiger partial charge on any atom is 0.255 e. The Hall–Kier alpha value is -3.46. The molecule has 1 fully saturated rings. The van der Waals surface area contributed by atoms with Crippen molar-refractivity contribution in [2.24, 2.45) is 5.73 Å². The number of anilines is 2. The fourth-order valence-electron chi connectivity index (χ4n) is 3.83. The van der Waals surface area contributed by atoms with Gasteiger partial charge in [-0.15, -0.1) is 0 Å². The van der Waals surface area contributed by atoms with E-state index >= 15 is 0 Å². The molecule has 5 N–H and O–H groups in total. The van der Waals surface area contributed by atoms with Crippen LogP contribution < -0.4 is 26.6 Å². The molecule has 9 nitrogen and oxygen atoms in total. The van der Waals surface area contributed by atoms with E-state index in [2.05, 4.69) is 25.8 Å². The van der Waals surface area contributed by atoms with Crippen LogP contribution in [0.25, 0.3) is 0 Å². The van der Waals surface area contributed by atoms with E-state index < -0.39 is 12.1 Å². The highest BCUT2D eigenvalue weighted by Gasteiger charge is 2.24. The number of pyridine rings is 1. The van der Waals surface area contributed by atoms with Gasteiger partial charge < -0.3 is 26.6 Å². The Morgan fingerprint density at radius 3 is 2.42 bits per heavy atom. The summed E-state index contributed by atoms with van der Waals surface area (Å²) in [5.41, 5.74) is 8.39. The lowest BCUT2D eigenvalue weighted by atomic mass is 9.98. The zero-order valence-electron chi connectivity index (χ0n) is 19.1. The van der Waals surface area contributed by atoms with Crippen molar-refractivity contribution in [2.45, 2.75) is 44.7 Å². The summed E-state index contributed by atoms with van der Waals surface area (Å²) < 4.78 is 0. The molecule has 0 saturated carbocycles. The van der Waals surface area contributed by atoms with Gasteiger partial charge in [0.2, 0.25) is 11.8 Å². The van der Waals surface area contributed by atoms with Gasteiger partial charge in [0.1, 0.15) is 0 Å². The molecular formula is C24H32N6O3. The Labute approximate surface area is 194 Å². The lowest BCUT2D eigenvalue weighted by Crippen LogP contribution is -2.42. The standard InChI is InChI=1S/C24H32N6O3/c1-16(25)23(32)29-21(15-22(31)26-2)19-14-18(30-12-4-3-5-13-30)6-7-20(19)28-24(33)17-8-10-27-11-9-17/h6-11,14,16,21H,3-5,12-13,15,25H2,1-2H3,(H,26,31)(H,28,33)(H,29,32)/t16-,21?/m0/s1. The molecule has 1 unspecified atom stereocenters. The van der Waals surface area contributed by atoms with Crippen LogP contribution in [0.3, 0.4) is 0 Å². The number of aromatic nitrogens is 1. The zero-order valence-corrected chi connectivity index (χ0v) is 19.1. The zero-order chi connectivity index (χ0) is 23.8. The molecule has 0 bridgehead atoms. The fraction of sp³-hybridized carbons (Fsp3) is 0.417. The van der Waals surface area contributed by atoms with E-state index in [1.807, 2.05) is 18.2 Å². The topological polar surface area (TPSA) is 129 Å². The lowest BCUT2D eigenvalue weighted by molar-refractivity contribution is -0.124. The molecule has 33 heavy (non-hydrogen) atoms. The molecule has 0 spiro atoms. The van der Waals surface area contributed by atoms with Gasteiger partial charge in [0.15, 0.2) is 0 Å². The second kappa shape index (κ2) is 11.4. The molecule has 1 saturated heterocycles. The second-order valence-corrected chi connectivity index (χ2v) is 8.24. The molecule has 9 heteroatoms. The van der Waals surface area contributed by atoms with E-state index in [-0.39, 0.29) is 24.1 Å². The molecular weight excluding hydrogens is 420 g/mol. The summed E-state index contributed by atoms with van der Waals surface area (Å²) >= 11 is 0. The molecule has 2 atom stereocenters. The predicted octanol–water partition coefficient (Wildman–Crippen LogP) is 1.96. The Kier molecular flexibility index (Phi) is 8.37. The summed E-state index contributed by atoms with van der Waals surface area (Å²) in [6.45, 7) is 3.46. The average molecular weight is 453 g/mol. The highest BCUT2D eigenvalue weighted by Crippen LogP contribution is 2.32. The summed E-state index contributed by atoms with van der Waals surface area (Å²) in [5, 5.41) is 8.41. The maximum atomic E-state index is 12.8. The average Bonchev–Trinajstić information content (AvgIpc) is 2.84. The van der Waals surface area contributed by atoms with Crippen LogP contribution in [0, 0.1) is 0 Å². The first kappa shape index (κ1) is 24.2. The number of nitrogens with zero attached hydrogens (tertiary/aromatic N) is 2. The van der Waals surface area contributed by atoms with Crippen molar-refractivity contribution < 1.29 is 14.4 Å². The minimum Gasteiger partial charge on any atom is -0.372 e. The van der Waals surface area contributed by atoms with Crippen molar-refractivity contribution in [2.75, 3.05) is 30.4 Å². The SMILES string of the molecule is CNC(=O)CC(NC(=O)[C@H](C)N)c1cc(N2CCCCC2)ccc1NC(=O)c1ccncc1. The van der Waals surface area contributed by atoms with Gasteiger partial charge in [-0.2, -0.15) is 0 Å². The van der Waals surface area contributed by atoms with Crippen molar-refractivity contribution in [3.63, 3.8) is 0 Å².